The number of morpholine rings is 1. The molecule has 1 amide bonds. The Labute approximate surface area is 231 Å². The first-order chi connectivity index (χ1) is 19.0. The highest BCUT2D eigenvalue weighted by atomic mass is 16.5. The van der Waals surface area contributed by atoms with E-state index in [4.69, 9.17) is 14.2 Å². The number of aliphatic hydroxyl groups excluding tert-OH is 1. The van der Waals surface area contributed by atoms with Crippen LogP contribution in [-0.4, -0.2) is 79.2 Å². The van der Waals surface area contributed by atoms with Crippen LogP contribution in [0.4, 0.5) is 0 Å². The van der Waals surface area contributed by atoms with E-state index >= 15 is 0 Å². The number of benzene rings is 2. The predicted molar refractivity (Wildman–Crippen MR) is 150 cm³/mol. The highest BCUT2D eigenvalue weighted by molar-refractivity contribution is 6.46. The number of nitrogens with zero attached hydrogens (tertiary/aromatic N) is 2. The van der Waals surface area contributed by atoms with Gasteiger partial charge in [-0.3, -0.25) is 14.5 Å². The standard InChI is InChI=1S/C31H40N2O6/c1-3-5-18-38-25-12-10-23(11-13-25)28-27(29(34)24-8-7-9-26(22-24)39-19-6-4-2)30(35)31(36)33(28)15-14-32-16-20-37-21-17-32/h7-13,22,28,34H,3-6,14-21H2,1-2H3. The minimum Gasteiger partial charge on any atom is -0.507 e. The van der Waals surface area contributed by atoms with Crippen molar-refractivity contribution >= 4 is 17.4 Å². The summed E-state index contributed by atoms with van der Waals surface area (Å²) >= 11 is 0. The van der Waals surface area contributed by atoms with Gasteiger partial charge in [0, 0.05) is 31.7 Å². The predicted octanol–water partition coefficient (Wildman–Crippen LogP) is 4.80. The molecule has 39 heavy (non-hydrogen) atoms. The van der Waals surface area contributed by atoms with Gasteiger partial charge in [-0.2, -0.15) is 0 Å². The number of carbonyl (C=O) groups excluding carboxylic acids is 2. The number of unbranched alkanes of at least 4 members (excludes halogenated alkanes) is 2. The number of hydrogen-bond donors (Lipinski definition) is 1. The second kappa shape index (κ2) is 14.1. The molecule has 2 aromatic carbocycles. The van der Waals surface area contributed by atoms with E-state index in [9.17, 15) is 14.7 Å². The van der Waals surface area contributed by atoms with Crippen molar-refractivity contribution in [2.45, 2.75) is 45.6 Å². The van der Waals surface area contributed by atoms with Crippen LogP contribution in [0.1, 0.15) is 56.7 Å². The largest absolute Gasteiger partial charge is 0.507 e. The lowest BCUT2D eigenvalue weighted by molar-refractivity contribution is -0.140. The van der Waals surface area contributed by atoms with Crippen molar-refractivity contribution in [2.75, 3.05) is 52.6 Å². The molecule has 4 rings (SSSR count). The Morgan fingerprint density at radius 1 is 0.923 bits per heavy atom. The first-order valence-corrected chi connectivity index (χ1v) is 14.1. The number of aliphatic hydroxyl groups is 1. The summed E-state index contributed by atoms with van der Waals surface area (Å²) < 4.78 is 17.1. The molecule has 2 aliphatic heterocycles. The minimum atomic E-state index is -0.708. The summed E-state index contributed by atoms with van der Waals surface area (Å²) in [7, 11) is 0. The summed E-state index contributed by atoms with van der Waals surface area (Å²) in [6.45, 7) is 9.24. The summed E-state index contributed by atoms with van der Waals surface area (Å²) in [5, 5.41) is 11.4. The lowest BCUT2D eigenvalue weighted by Gasteiger charge is -2.31. The molecule has 1 atom stereocenters. The molecule has 2 heterocycles. The van der Waals surface area contributed by atoms with Gasteiger partial charge in [0.25, 0.3) is 11.7 Å². The van der Waals surface area contributed by atoms with Gasteiger partial charge >= 0.3 is 0 Å². The quantitative estimate of drug-likeness (QED) is 0.170. The van der Waals surface area contributed by atoms with E-state index in [2.05, 4.69) is 18.7 Å². The van der Waals surface area contributed by atoms with Crippen molar-refractivity contribution in [3.05, 3.63) is 65.2 Å². The second-order valence-corrected chi connectivity index (χ2v) is 9.95. The van der Waals surface area contributed by atoms with Crippen LogP contribution in [0.3, 0.4) is 0 Å². The molecule has 2 aromatic rings. The fourth-order valence-corrected chi connectivity index (χ4v) is 4.83. The normalized spacial score (nSPS) is 19.4. The van der Waals surface area contributed by atoms with E-state index in [1.54, 1.807) is 23.1 Å². The molecule has 0 aliphatic carbocycles. The zero-order chi connectivity index (χ0) is 27.6. The fourth-order valence-electron chi connectivity index (χ4n) is 4.83. The summed E-state index contributed by atoms with van der Waals surface area (Å²) in [6, 6.07) is 13.8. The van der Waals surface area contributed by atoms with Gasteiger partial charge in [-0.15, -0.1) is 0 Å². The number of likely N-dealkylation sites (tertiary alicyclic amines) is 1. The van der Waals surface area contributed by atoms with E-state index in [-0.39, 0.29) is 11.3 Å². The van der Waals surface area contributed by atoms with Gasteiger partial charge in [0.15, 0.2) is 0 Å². The molecule has 2 fully saturated rings. The smallest absolute Gasteiger partial charge is 0.295 e. The van der Waals surface area contributed by atoms with Gasteiger partial charge in [-0.1, -0.05) is 51.0 Å². The Morgan fingerprint density at radius 2 is 1.59 bits per heavy atom. The van der Waals surface area contributed by atoms with Crippen LogP contribution in [0, 0.1) is 0 Å². The highest BCUT2D eigenvalue weighted by Crippen LogP contribution is 2.40. The first kappa shape index (κ1) is 28.6. The lowest BCUT2D eigenvalue weighted by atomic mass is 9.95. The number of rotatable bonds is 13. The Balaban J connectivity index is 1.66. The molecule has 1 N–H and O–H groups in total. The van der Waals surface area contributed by atoms with Gasteiger partial charge < -0.3 is 24.2 Å². The molecule has 0 saturated carbocycles. The Kier molecular flexibility index (Phi) is 10.4. The first-order valence-electron chi connectivity index (χ1n) is 14.1. The van der Waals surface area contributed by atoms with Gasteiger partial charge in [0.2, 0.25) is 0 Å². The molecule has 2 saturated heterocycles. The third-order valence-electron chi connectivity index (χ3n) is 7.14. The van der Waals surface area contributed by atoms with Crippen molar-refractivity contribution in [3.63, 3.8) is 0 Å². The molecule has 0 bridgehead atoms. The van der Waals surface area contributed by atoms with Crippen LogP contribution >= 0.6 is 0 Å². The maximum atomic E-state index is 13.4. The number of ether oxygens (including phenoxy) is 3. The van der Waals surface area contributed by atoms with E-state index in [0.29, 0.717) is 50.8 Å². The second-order valence-electron chi connectivity index (χ2n) is 9.95. The van der Waals surface area contributed by atoms with Gasteiger partial charge in [0.05, 0.1) is 38.0 Å². The molecular weight excluding hydrogens is 496 g/mol. The molecule has 0 aromatic heterocycles. The zero-order valence-electron chi connectivity index (χ0n) is 23.1. The maximum absolute atomic E-state index is 13.4. The molecule has 8 nitrogen and oxygen atoms in total. The number of ketones is 1. The summed E-state index contributed by atoms with van der Waals surface area (Å²) in [4.78, 5) is 30.5. The van der Waals surface area contributed by atoms with Crippen LogP contribution < -0.4 is 9.47 Å². The molecule has 1 unspecified atom stereocenters. The van der Waals surface area contributed by atoms with Crippen LogP contribution in [0.5, 0.6) is 11.5 Å². The lowest BCUT2D eigenvalue weighted by Crippen LogP contribution is -2.42. The third-order valence-corrected chi connectivity index (χ3v) is 7.14. The molecule has 210 valence electrons. The summed E-state index contributed by atoms with van der Waals surface area (Å²) in [5.74, 6) is -0.140. The number of Topliss-reactive ketones (excluding diaryl/α,β-unsaturated/α-hetero) is 1. The number of carbonyl (C=O) groups is 2. The van der Waals surface area contributed by atoms with E-state index in [0.717, 1.165) is 50.1 Å². The van der Waals surface area contributed by atoms with E-state index in [1.165, 1.54) is 0 Å². The summed E-state index contributed by atoms with van der Waals surface area (Å²) in [5.41, 5.74) is 1.28. The Morgan fingerprint density at radius 3 is 2.26 bits per heavy atom. The monoisotopic (exact) mass is 536 g/mol. The Hall–Kier alpha value is -3.36. The van der Waals surface area contributed by atoms with E-state index in [1.807, 2.05) is 30.3 Å². The number of amides is 1. The fraction of sp³-hybridized carbons (Fsp3) is 0.484. The SMILES string of the molecule is CCCCOc1ccc(C2C(=C(O)c3cccc(OCCCC)c3)C(=O)C(=O)N2CCN2CCOCC2)cc1. The molecule has 2 aliphatic rings. The average Bonchev–Trinajstić information content (AvgIpc) is 3.22. The van der Waals surface area contributed by atoms with Crippen LogP contribution in [0.25, 0.3) is 5.76 Å². The van der Waals surface area contributed by atoms with Crippen molar-refractivity contribution < 1.29 is 28.9 Å². The van der Waals surface area contributed by atoms with Crippen LogP contribution in [0.15, 0.2) is 54.1 Å². The zero-order valence-corrected chi connectivity index (χ0v) is 23.1. The third kappa shape index (κ3) is 7.19. The van der Waals surface area contributed by atoms with Gasteiger partial charge in [0.1, 0.15) is 17.3 Å². The highest BCUT2D eigenvalue weighted by Gasteiger charge is 2.46. The van der Waals surface area contributed by atoms with Gasteiger partial charge in [-0.05, 0) is 42.7 Å². The van der Waals surface area contributed by atoms with E-state index < -0.39 is 17.7 Å². The van der Waals surface area contributed by atoms with Crippen molar-refractivity contribution in [2.24, 2.45) is 0 Å². The van der Waals surface area contributed by atoms with Crippen molar-refractivity contribution in [1.82, 2.24) is 9.80 Å². The minimum absolute atomic E-state index is 0.0901. The topological polar surface area (TPSA) is 88.5 Å². The summed E-state index contributed by atoms with van der Waals surface area (Å²) in [6.07, 6.45) is 3.93. The Bertz CT molecular complexity index is 1140. The molecule has 0 radical (unpaired) electrons. The average molecular weight is 537 g/mol. The molecule has 8 heteroatoms. The van der Waals surface area contributed by atoms with Crippen molar-refractivity contribution in [1.29, 1.82) is 0 Å². The van der Waals surface area contributed by atoms with Crippen molar-refractivity contribution in [3.8, 4) is 11.5 Å². The van der Waals surface area contributed by atoms with Gasteiger partial charge in [-0.25, -0.2) is 0 Å². The molecular formula is C31H40N2O6. The number of hydrogen-bond acceptors (Lipinski definition) is 7. The van der Waals surface area contributed by atoms with Crippen LogP contribution in [0.2, 0.25) is 0 Å². The maximum Gasteiger partial charge on any atom is 0.295 e. The molecule has 0 spiro atoms. The van der Waals surface area contributed by atoms with Crippen LogP contribution in [-0.2, 0) is 14.3 Å².